The van der Waals surface area contributed by atoms with Crippen molar-refractivity contribution in [1.82, 2.24) is 0 Å². The Hall–Kier alpha value is -1.35. The van der Waals surface area contributed by atoms with E-state index in [4.69, 9.17) is 5.73 Å². The van der Waals surface area contributed by atoms with Crippen molar-refractivity contribution in [1.29, 1.82) is 0 Å². The zero-order valence-corrected chi connectivity index (χ0v) is 9.81. The average Bonchev–Trinajstić information content (AvgIpc) is 2.70. The van der Waals surface area contributed by atoms with Crippen LogP contribution < -0.4 is 10.6 Å². The summed E-state index contributed by atoms with van der Waals surface area (Å²) < 4.78 is 0. The van der Waals surface area contributed by atoms with E-state index >= 15 is 0 Å². The summed E-state index contributed by atoms with van der Waals surface area (Å²) in [5.41, 5.74) is 8.09. The van der Waals surface area contributed by atoms with Crippen LogP contribution in [0.2, 0.25) is 0 Å². The Morgan fingerprint density at radius 2 is 2.06 bits per heavy atom. The molecule has 1 amide bonds. The number of amides is 1. The SMILES string of the molecule is CC(N)C(C)C(=O)N1CCc2ccccc21. The van der Waals surface area contributed by atoms with Gasteiger partial charge in [0.25, 0.3) is 0 Å². The molecule has 2 atom stereocenters. The number of rotatable bonds is 2. The van der Waals surface area contributed by atoms with E-state index in [0.29, 0.717) is 0 Å². The Kier molecular flexibility index (Phi) is 2.97. The summed E-state index contributed by atoms with van der Waals surface area (Å²) in [6, 6.07) is 7.98. The zero-order chi connectivity index (χ0) is 11.7. The summed E-state index contributed by atoms with van der Waals surface area (Å²) in [6.07, 6.45) is 0.952. The van der Waals surface area contributed by atoms with E-state index in [1.54, 1.807) is 0 Å². The van der Waals surface area contributed by atoms with Gasteiger partial charge in [-0.3, -0.25) is 4.79 Å². The van der Waals surface area contributed by atoms with E-state index in [-0.39, 0.29) is 17.9 Å². The minimum atomic E-state index is -0.119. The fourth-order valence-corrected chi connectivity index (χ4v) is 2.04. The van der Waals surface area contributed by atoms with Crippen molar-refractivity contribution in [3.05, 3.63) is 29.8 Å². The molecule has 1 heterocycles. The monoisotopic (exact) mass is 218 g/mol. The van der Waals surface area contributed by atoms with Gasteiger partial charge in [0.05, 0.1) is 5.92 Å². The number of carbonyl (C=O) groups excluding carboxylic acids is 1. The summed E-state index contributed by atoms with van der Waals surface area (Å²) in [4.78, 5) is 14.1. The third-order valence-electron chi connectivity index (χ3n) is 3.33. The second-order valence-corrected chi connectivity index (χ2v) is 4.52. The van der Waals surface area contributed by atoms with Gasteiger partial charge in [0.1, 0.15) is 0 Å². The first kappa shape index (κ1) is 11.1. The largest absolute Gasteiger partial charge is 0.327 e. The van der Waals surface area contributed by atoms with Crippen LogP contribution in [0.5, 0.6) is 0 Å². The molecule has 0 aromatic heterocycles. The Labute approximate surface area is 96.2 Å². The highest BCUT2D eigenvalue weighted by Crippen LogP contribution is 2.28. The number of carbonyl (C=O) groups is 1. The number of nitrogens with zero attached hydrogens (tertiary/aromatic N) is 1. The molecular weight excluding hydrogens is 200 g/mol. The molecule has 0 spiro atoms. The lowest BCUT2D eigenvalue weighted by molar-refractivity contribution is -0.122. The summed E-state index contributed by atoms with van der Waals surface area (Å²) in [5, 5.41) is 0. The standard InChI is InChI=1S/C13H18N2O/c1-9(10(2)14)13(16)15-8-7-11-5-3-4-6-12(11)15/h3-6,9-10H,7-8,14H2,1-2H3. The van der Waals surface area contributed by atoms with Crippen molar-refractivity contribution in [2.45, 2.75) is 26.3 Å². The third-order valence-corrected chi connectivity index (χ3v) is 3.33. The van der Waals surface area contributed by atoms with Gasteiger partial charge in [-0.15, -0.1) is 0 Å². The second kappa shape index (κ2) is 4.26. The molecule has 0 fully saturated rings. The number of hydrogen-bond donors (Lipinski definition) is 1. The normalized spacial score (nSPS) is 18.1. The summed E-state index contributed by atoms with van der Waals surface area (Å²) in [5.74, 6) is 0.0195. The molecule has 2 rings (SSSR count). The molecule has 0 aliphatic carbocycles. The Bertz CT molecular complexity index is 401. The number of fused-ring (bicyclic) bond motifs is 1. The predicted octanol–water partition coefficient (Wildman–Crippen LogP) is 1.56. The molecule has 86 valence electrons. The van der Waals surface area contributed by atoms with Gasteiger partial charge in [-0.2, -0.15) is 0 Å². The van der Waals surface area contributed by atoms with Crippen LogP contribution in [-0.2, 0) is 11.2 Å². The highest BCUT2D eigenvalue weighted by molar-refractivity contribution is 5.97. The van der Waals surface area contributed by atoms with Crippen LogP contribution in [-0.4, -0.2) is 18.5 Å². The molecule has 2 N–H and O–H groups in total. The minimum Gasteiger partial charge on any atom is -0.327 e. The lowest BCUT2D eigenvalue weighted by Gasteiger charge is -2.23. The molecular formula is C13H18N2O. The number of nitrogens with two attached hydrogens (primary N) is 1. The van der Waals surface area contributed by atoms with Crippen LogP contribution in [0.1, 0.15) is 19.4 Å². The lowest BCUT2D eigenvalue weighted by Crippen LogP contribution is -2.41. The molecule has 1 aromatic rings. The molecule has 0 bridgehead atoms. The highest BCUT2D eigenvalue weighted by Gasteiger charge is 2.28. The molecule has 3 heteroatoms. The van der Waals surface area contributed by atoms with Gasteiger partial charge >= 0.3 is 0 Å². The van der Waals surface area contributed by atoms with Gasteiger partial charge in [-0.25, -0.2) is 0 Å². The van der Waals surface area contributed by atoms with E-state index in [1.807, 2.05) is 36.9 Å². The molecule has 16 heavy (non-hydrogen) atoms. The van der Waals surface area contributed by atoms with E-state index < -0.39 is 0 Å². The fraction of sp³-hybridized carbons (Fsp3) is 0.462. The topological polar surface area (TPSA) is 46.3 Å². The molecule has 1 aliphatic heterocycles. The quantitative estimate of drug-likeness (QED) is 0.818. The molecule has 0 saturated carbocycles. The van der Waals surface area contributed by atoms with Crippen LogP contribution in [0, 0.1) is 5.92 Å². The number of benzene rings is 1. The molecule has 1 aromatic carbocycles. The number of anilines is 1. The van der Waals surface area contributed by atoms with Gasteiger partial charge in [-0.05, 0) is 25.0 Å². The van der Waals surface area contributed by atoms with Crippen LogP contribution >= 0.6 is 0 Å². The maximum Gasteiger partial charge on any atom is 0.231 e. The smallest absolute Gasteiger partial charge is 0.231 e. The minimum absolute atomic E-state index is 0.0970. The number of hydrogen-bond acceptors (Lipinski definition) is 2. The van der Waals surface area contributed by atoms with Gasteiger partial charge < -0.3 is 10.6 Å². The van der Waals surface area contributed by atoms with Crippen molar-refractivity contribution in [2.75, 3.05) is 11.4 Å². The first-order chi connectivity index (χ1) is 7.61. The second-order valence-electron chi connectivity index (χ2n) is 4.52. The van der Waals surface area contributed by atoms with Gasteiger partial charge in [0, 0.05) is 18.3 Å². The fourth-order valence-electron chi connectivity index (χ4n) is 2.04. The van der Waals surface area contributed by atoms with Crippen LogP contribution in [0.3, 0.4) is 0 Å². The maximum absolute atomic E-state index is 12.2. The number of para-hydroxylation sites is 1. The Morgan fingerprint density at radius 3 is 2.75 bits per heavy atom. The first-order valence-electron chi connectivity index (χ1n) is 5.76. The van der Waals surface area contributed by atoms with E-state index in [2.05, 4.69) is 6.07 Å². The predicted molar refractivity (Wildman–Crippen MR) is 65.3 cm³/mol. The summed E-state index contributed by atoms with van der Waals surface area (Å²) in [7, 11) is 0. The van der Waals surface area contributed by atoms with Crippen molar-refractivity contribution < 1.29 is 4.79 Å². The highest BCUT2D eigenvalue weighted by atomic mass is 16.2. The van der Waals surface area contributed by atoms with Crippen molar-refractivity contribution >= 4 is 11.6 Å². The van der Waals surface area contributed by atoms with Gasteiger partial charge in [0.15, 0.2) is 0 Å². The molecule has 1 aliphatic rings. The Balaban J connectivity index is 2.22. The van der Waals surface area contributed by atoms with Crippen molar-refractivity contribution in [3.8, 4) is 0 Å². The maximum atomic E-state index is 12.2. The Morgan fingerprint density at radius 1 is 1.38 bits per heavy atom. The van der Waals surface area contributed by atoms with Crippen LogP contribution in [0.25, 0.3) is 0 Å². The summed E-state index contributed by atoms with van der Waals surface area (Å²) in [6.45, 7) is 4.56. The van der Waals surface area contributed by atoms with Crippen LogP contribution in [0.4, 0.5) is 5.69 Å². The molecule has 3 nitrogen and oxygen atoms in total. The van der Waals surface area contributed by atoms with Crippen LogP contribution in [0.15, 0.2) is 24.3 Å². The summed E-state index contributed by atoms with van der Waals surface area (Å²) >= 11 is 0. The molecule has 0 saturated heterocycles. The van der Waals surface area contributed by atoms with Gasteiger partial charge in [-0.1, -0.05) is 25.1 Å². The zero-order valence-electron chi connectivity index (χ0n) is 9.81. The lowest BCUT2D eigenvalue weighted by atomic mass is 10.0. The molecule has 0 radical (unpaired) electrons. The van der Waals surface area contributed by atoms with E-state index in [0.717, 1.165) is 18.7 Å². The van der Waals surface area contributed by atoms with Gasteiger partial charge in [0.2, 0.25) is 5.91 Å². The first-order valence-corrected chi connectivity index (χ1v) is 5.76. The van der Waals surface area contributed by atoms with Crippen molar-refractivity contribution in [3.63, 3.8) is 0 Å². The average molecular weight is 218 g/mol. The van der Waals surface area contributed by atoms with Crippen molar-refractivity contribution in [2.24, 2.45) is 11.7 Å². The molecule has 2 unspecified atom stereocenters. The third kappa shape index (κ3) is 1.83. The van der Waals surface area contributed by atoms with E-state index in [9.17, 15) is 4.79 Å². The van der Waals surface area contributed by atoms with E-state index in [1.165, 1.54) is 5.56 Å².